The zero-order valence-electron chi connectivity index (χ0n) is 10.8. The van der Waals surface area contributed by atoms with Crippen LogP contribution in [0.1, 0.15) is 30.3 Å². The van der Waals surface area contributed by atoms with Crippen molar-refractivity contribution in [1.29, 1.82) is 0 Å². The summed E-state index contributed by atoms with van der Waals surface area (Å²) in [6.45, 7) is 3.49. The molecule has 0 spiro atoms. The number of hydrogen-bond acceptors (Lipinski definition) is 6. The van der Waals surface area contributed by atoms with Crippen molar-refractivity contribution in [3.8, 4) is 0 Å². The fourth-order valence-electron chi connectivity index (χ4n) is 1.41. The molecule has 19 heavy (non-hydrogen) atoms. The molecule has 7 heteroatoms. The van der Waals surface area contributed by atoms with Crippen LogP contribution in [0, 0.1) is 6.92 Å². The zero-order chi connectivity index (χ0) is 13.7. The van der Waals surface area contributed by atoms with E-state index in [1.807, 2.05) is 12.1 Å². The molecule has 0 saturated heterocycles. The number of rotatable bonds is 5. The number of oxime groups is 1. The molecule has 1 atom stereocenters. The maximum Gasteiger partial charge on any atom is 0.270 e. The van der Waals surface area contributed by atoms with Crippen LogP contribution in [0.4, 0.5) is 0 Å². The molecule has 0 aromatic carbocycles. The number of amidine groups is 1. The summed E-state index contributed by atoms with van der Waals surface area (Å²) in [6.07, 6.45) is 3.47. The number of aromatic nitrogens is 3. The molecule has 0 bridgehead atoms. The molecule has 2 rings (SSSR count). The van der Waals surface area contributed by atoms with Gasteiger partial charge in [0.25, 0.3) is 5.89 Å². The highest BCUT2D eigenvalue weighted by atomic mass is 16.6. The molecule has 1 unspecified atom stereocenters. The van der Waals surface area contributed by atoms with Crippen LogP contribution in [-0.2, 0) is 11.3 Å². The molecule has 0 radical (unpaired) electrons. The third-order valence-corrected chi connectivity index (χ3v) is 2.33. The number of nitrogens with zero attached hydrogens (tertiary/aromatic N) is 4. The summed E-state index contributed by atoms with van der Waals surface area (Å²) in [5, 5.41) is 7.52. The molecule has 0 aliphatic rings. The predicted octanol–water partition coefficient (Wildman–Crippen LogP) is 1.37. The highest BCUT2D eigenvalue weighted by molar-refractivity contribution is 5.81. The lowest BCUT2D eigenvalue weighted by Gasteiger charge is -2.05. The molecule has 0 aliphatic heterocycles. The monoisotopic (exact) mass is 261 g/mol. The van der Waals surface area contributed by atoms with Crippen molar-refractivity contribution < 1.29 is 9.36 Å². The standard InChI is InChI=1S/C12H15N5O2/c1-8(12-15-9(2)16-19-12)18-17-11(13)6-10-4-3-5-14-7-10/h3-5,7-8H,6H2,1-2H3,(H2,13,17). The van der Waals surface area contributed by atoms with Crippen molar-refractivity contribution >= 4 is 5.84 Å². The van der Waals surface area contributed by atoms with Gasteiger partial charge in [-0.15, -0.1) is 0 Å². The third kappa shape index (κ3) is 3.77. The lowest BCUT2D eigenvalue weighted by atomic mass is 10.2. The van der Waals surface area contributed by atoms with Crippen LogP contribution in [0.3, 0.4) is 0 Å². The zero-order valence-corrected chi connectivity index (χ0v) is 10.8. The van der Waals surface area contributed by atoms with E-state index in [1.54, 1.807) is 26.2 Å². The summed E-state index contributed by atoms with van der Waals surface area (Å²) >= 11 is 0. The average Bonchev–Trinajstić information content (AvgIpc) is 2.84. The van der Waals surface area contributed by atoms with Crippen LogP contribution in [0.25, 0.3) is 0 Å². The van der Waals surface area contributed by atoms with Crippen LogP contribution in [0.2, 0.25) is 0 Å². The van der Waals surface area contributed by atoms with Gasteiger partial charge in [0.05, 0.1) is 0 Å². The summed E-state index contributed by atoms with van der Waals surface area (Å²) in [5.41, 5.74) is 6.73. The Bertz CT molecular complexity index is 552. The van der Waals surface area contributed by atoms with Gasteiger partial charge in [0.1, 0.15) is 5.84 Å². The van der Waals surface area contributed by atoms with Crippen LogP contribution < -0.4 is 5.73 Å². The summed E-state index contributed by atoms with van der Waals surface area (Å²) in [6, 6.07) is 3.76. The Balaban J connectivity index is 1.91. The second-order valence-electron chi connectivity index (χ2n) is 4.05. The van der Waals surface area contributed by atoms with E-state index in [9.17, 15) is 0 Å². The first kappa shape index (κ1) is 13.0. The molecule has 0 fully saturated rings. The van der Waals surface area contributed by atoms with Gasteiger partial charge in [0.2, 0.25) is 6.10 Å². The minimum atomic E-state index is -0.436. The molecule has 0 saturated carbocycles. The van der Waals surface area contributed by atoms with Crippen molar-refractivity contribution in [2.45, 2.75) is 26.4 Å². The lowest BCUT2D eigenvalue weighted by Crippen LogP contribution is -2.16. The van der Waals surface area contributed by atoms with Crippen molar-refractivity contribution in [2.24, 2.45) is 10.9 Å². The van der Waals surface area contributed by atoms with Crippen molar-refractivity contribution in [3.05, 3.63) is 41.8 Å². The first-order chi connectivity index (χ1) is 9.15. The van der Waals surface area contributed by atoms with E-state index in [4.69, 9.17) is 15.1 Å². The minimum Gasteiger partial charge on any atom is -0.384 e. The molecule has 2 aromatic heterocycles. The first-order valence-electron chi connectivity index (χ1n) is 5.82. The van der Waals surface area contributed by atoms with E-state index in [1.165, 1.54) is 0 Å². The normalized spacial score (nSPS) is 13.3. The smallest absolute Gasteiger partial charge is 0.270 e. The molecule has 2 heterocycles. The summed E-state index contributed by atoms with van der Waals surface area (Å²) in [5.74, 6) is 1.28. The molecule has 2 N–H and O–H groups in total. The number of pyridine rings is 1. The molecule has 2 aromatic rings. The maximum atomic E-state index is 5.77. The topological polar surface area (TPSA) is 99.4 Å². The SMILES string of the molecule is Cc1noc(C(C)ON=C(N)Cc2cccnc2)n1. The lowest BCUT2D eigenvalue weighted by molar-refractivity contribution is 0.0475. The van der Waals surface area contributed by atoms with Crippen LogP contribution >= 0.6 is 0 Å². The van der Waals surface area contributed by atoms with Gasteiger partial charge < -0.3 is 15.1 Å². The van der Waals surface area contributed by atoms with Crippen LogP contribution in [0.15, 0.2) is 34.2 Å². The quantitative estimate of drug-likeness (QED) is 0.495. The molecule has 0 amide bonds. The van der Waals surface area contributed by atoms with Gasteiger partial charge in [-0.3, -0.25) is 4.98 Å². The van der Waals surface area contributed by atoms with Crippen molar-refractivity contribution in [2.75, 3.05) is 0 Å². The van der Waals surface area contributed by atoms with Gasteiger partial charge >= 0.3 is 0 Å². The Morgan fingerprint density at radius 2 is 2.42 bits per heavy atom. The van der Waals surface area contributed by atoms with E-state index in [-0.39, 0.29) is 0 Å². The Hall–Kier alpha value is -2.44. The summed E-state index contributed by atoms with van der Waals surface area (Å²) in [4.78, 5) is 13.3. The average molecular weight is 261 g/mol. The molecular weight excluding hydrogens is 246 g/mol. The van der Waals surface area contributed by atoms with Gasteiger partial charge in [-0.1, -0.05) is 16.4 Å². The fourth-order valence-corrected chi connectivity index (χ4v) is 1.41. The Morgan fingerprint density at radius 1 is 1.58 bits per heavy atom. The maximum absolute atomic E-state index is 5.77. The number of hydrogen-bond donors (Lipinski definition) is 1. The highest BCUT2D eigenvalue weighted by Crippen LogP contribution is 2.14. The largest absolute Gasteiger partial charge is 0.384 e. The van der Waals surface area contributed by atoms with Crippen LogP contribution in [-0.4, -0.2) is 21.0 Å². The molecular formula is C12H15N5O2. The van der Waals surface area contributed by atoms with E-state index in [0.29, 0.717) is 24.0 Å². The van der Waals surface area contributed by atoms with E-state index in [2.05, 4.69) is 20.3 Å². The number of nitrogens with two attached hydrogens (primary N) is 1. The molecule has 7 nitrogen and oxygen atoms in total. The van der Waals surface area contributed by atoms with Gasteiger partial charge in [-0.05, 0) is 25.5 Å². The van der Waals surface area contributed by atoms with E-state index < -0.39 is 6.10 Å². The summed E-state index contributed by atoms with van der Waals surface area (Å²) in [7, 11) is 0. The van der Waals surface area contributed by atoms with Gasteiger partial charge in [0, 0.05) is 18.8 Å². The highest BCUT2D eigenvalue weighted by Gasteiger charge is 2.14. The molecule has 100 valence electrons. The van der Waals surface area contributed by atoms with Crippen molar-refractivity contribution in [1.82, 2.24) is 15.1 Å². The molecule has 0 aliphatic carbocycles. The van der Waals surface area contributed by atoms with Crippen LogP contribution in [0.5, 0.6) is 0 Å². The van der Waals surface area contributed by atoms with Gasteiger partial charge in [-0.2, -0.15) is 4.98 Å². The first-order valence-corrected chi connectivity index (χ1v) is 5.82. The van der Waals surface area contributed by atoms with E-state index in [0.717, 1.165) is 5.56 Å². The van der Waals surface area contributed by atoms with Crippen molar-refractivity contribution in [3.63, 3.8) is 0 Å². The predicted molar refractivity (Wildman–Crippen MR) is 68.1 cm³/mol. The second kappa shape index (κ2) is 5.94. The Morgan fingerprint density at radius 3 is 3.05 bits per heavy atom. The fraction of sp³-hybridized carbons (Fsp3) is 0.333. The third-order valence-electron chi connectivity index (χ3n) is 2.33. The van der Waals surface area contributed by atoms with Gasteiger partial charge in [-0.25, -0.2) is 0 Å². The van der Waals surface area contributed by atoms with E-state index >= 15 is 0 Å². The Labute approximate surface area is 110 Å². The number of aryl methyl sites for hydroxylation is 1. The second-order valence-corrected chi connectivity index (χ2v) is 4.05. The van der Waals surface area contributed by atoms with Gasteiger partial charge in [0.15, 0.2) is 5.82 Å². The minimum absolute atomic E-state index is 0.357. The summed E-state index contributed by atoms with van der Waals surface area (Å²) < 4.78 is 4.97. The Kier molecular flexibility index (Phi) is 4.07.